The van der Waals surface area contributed by atoms with Crippen LogP contribution in [0.15, 0.2) is 18.2 Å². The molecule has 4 amide bonds. The Hall–Kier alpha value is -2.61. The Kier molecular flexibility index (Phi) is 5.69. The van der Waals surface area contributed by atoms with Crippen LogP contribution in [0.3, 0.4) is 0 Å². The number of benzene rings is 1. The van der Waals surface area contributed by atoms with E-state index in [1.54, 1.807) is 0 Å². The van der Waals surface area contributed by atoms with Crippen LogP contribution in [0.1, 0.15) is 43.7 Å². The van der Waals surface area contributed by atoms with Crippen molar-refractivity contribution >= 4 is 17.8 Å². The minimum absolute atomic E-state index is 0.0146. The van der Waals surface area contributed by atoms with E-state index < -0.39 is 12.1 Å². The molecule has 1 spiro atoms. The van der Waals surface area contributed by atoms with Gasteiger partial charge >= 0.3 is 6.03 Å². The number of hydrogen-bond acceptors (Lipinski definition) is 5. The van der Waals surface area contributed by atoms with Crippen molar-refractivity contribution in [3.63, 3.8) is 0 Å². The first-order valence-corrected chi connectivity index (χ1v) is 10.8. The fraction of sp³-hybridized carbons (Fsp3) is 0.591. The van der Waals surface area contributed by atoms with E-state index in [9.17, 15) is 14.4 Å². The van der Waals surface area contributed by atoms with Crippen molar-refractivity contribution in [2.24, 2.45) is 0 Å². The number of piperidine rings is 1. The molecular formula is C22H30N4O4. The van der Waals surface area contributed by atoms with Crippen molar-refractivity contribution < 1.29 is 19.1 Å². The summed E-state index contributed by atoms with van der Waals surface area (Å²) in [6, 6.07) is 5.02. The summed E-state index contributed by atoms with van der Waals surface area (Å²) >= 11 is 0. The van der Waals surface area contributed by atoms with Crippen LogP contribution in [0.4, 0.5) is 4.79 Å². The molecule has 2 N–H and O–H groups in total. The standard InChI is InChI=1S/C22H30N4O4/c1-3-25-10-8-22(9-11-25)14-26(13-16-12-15(2)4-6-18(16)30-22)19(27)7-5-17-20(28)24-21(29)23-17/h4,6,12,17H,3,5,7-11,13-14H2,1-2H3,(H2,23,24,28,29). The second kappa shape index (κ2) is 8.26. The molecule has 0 bridgehead atoms. The Balaban J connectivity index is 1.51. The predicted octanol–water partition coefficient (Wildman–Crippen LogP) is 1.56. The van der Waals surface area contributed by atoms with Crippen molar-refractivity contribution in [2.45, 2.75) is 57.7 Å². The highest BCUT2D eigenvalue weighted by Gasteiger charge is 2.42. The minimum Gasteiger partial charge on any atom is -0.485 e. The molecule has 2 fully saturated rings. The van der Waals surface area contributed by atoms with Gasteiger partial charge in [0.05, 0.1) is 6.54 Å². The zero-order valence-corrected chi connectivity index (χ0v) is 17.7. The molecule has 0 aromatic heterocycles. The quantitative estimate of drug-likeness (QED) is 0.730. The van der Waals surface area contributed by atoms with E-state index in [-0.39, 0.29) is 23.8 Å². The number of aryl methyl sites for hydroxylation is 1. The average Bonchev–Trinajstić information content (AvgIpc) is 2.96. The van der Waals surface area contributed by atoms with Gasteiger partial charge in [0.1, 0.15) is 17.4 Å². The summed E-state index contributed by atoms with van der Waals surface area (Å²) in [5.74, 6) is 0.485. The zero-order valence-electron chi connectivity index (χ0n) is 17.7. The van der Waals surface area contributed by atoms with Crippen LogP contribution >= 0.6 is 0 Å². The summed E-state index contributed by atoms with van der Waals surface area (Å²) in [5.41, 5.74) is 1.76. The van der Waals surface area contributed by atoms with Gasteiger partial charge in [-0.15, -0.1) is 0 Å². The number of nitrogens with one attached hydrogen (secondary N) is 2. The predicted molar refractivity (Wildman–Crippen MR) is 111 cm³/mol. The van der Waals surface area contributed by atoms with E-state index in [1.807, 2.05) is 24.0 Å². The molecule has 1 unspecified atom stereocenters. The second-order valence-electron chi connectivity index (χ2n) is 8.63. The topological polar surface area (TPSA) is 91.0 Å². The number of amides is 4. The fourth-order valence-electron chi connectivity index (χ4n) is 4.61. The highest BCUT2D eigenvalue weighted by molar-refractivity contribution is 6.04. The Morgan fingerprint density at radius 1 is 1.27 bits per heavy atom. The summed E-state index contributed by atoms with van der Waals surface area (Å²) in [6.45, 7) is 8.16. The van der Waals surface area contributed by atoms with Crippen molar-refractivity contribution in [1.29, 1.82) is 0 Å². The van der Waals surface area contributed by atoms with Crippen LogP contribution in [-0.4, -0.2) is 65.5 Å². The van der Waals surface area contributed by atoms with Gasteiger partial charge in [-0.25, -0.2) is 4.79 Å². The fourth-order valence-corrected chi connectivity index (χ4v) is 4.61. The number of carbonyl (C=O) groups is 3. The van der Waals surface area contributed by atoms with Gasteiger partial charge in [0, 0.05) is 44.5 Å². The molecule has 8 heteroatoms. The van der Waals surface area contributed by atoms with Gasteiger partial charge in [0.15, 0.2) is 0 Å². The molecule has 30 heavy (non-hydrogen) atoms. The normalized spacial score (nSPS) is 23.4. The van der Waals surface area contributed by atoms with Gasteiger partial charge in [-0.3, -0.25) is 14.9 Å². The van der Waals surface area contributed by atoms with Gasteiger partial charge in [0.25, 0.3) is 5.91 Å². The summed E-state index contributed by atoms with van der Waals surface area (Å²) in [5, 5.41) is 4.78. The maximum absolute atomic E-state index is 13.2. The maximum Gasteiger partial charge on any atom is 0.322 e. The molecule has 162 valence electrons. The molecule has 1 aromatic rings. The number of nitrogens with zero attached hydrogens (tertiary/aromatic N) is 2. The van der Waals surface area contributed by atoms with Gasteiger partial charge in [-0.1, -0.05) is 24.6 Å². The molecule has 0 saturated carbocycles. The van der Waals surface area contributed by atoms with Crippen LogP contribution < -0.4 is 15.4 Å². The largest absolute Gasteiger partial charge is 0.485 e. The molecule has 0 aliphatic carbocycles. The first-order chi connectivity index (χ1) is 14.4. The van der Waals surface area contributed by atoms with E-state index >= 15 is 0 Å². The molecule has 3 heterocycles. The van der Waals surface area contributed by atoms with Crippen molar-refractivity contribution in [2.75, 3.05) is 26.2 Å². The molecule has 1 aromatic carbocycles. The second-order valence-corrected chi connectivity index (χ2v) is 8.63. The third-order valence-corrected chi connectivity index (χ3v) is 6.46. The SMILES string of the molecule is CCN1CCC2(CC1)CN(C(=O)CCC1NC(=O)NC1=O)Cc1cc(C)ccc1O2. The molecule has 3 aliphatic heterocycles. The molecular weight excluding hydrogens is 384 g/mol. The Bertz CT molecular complexity index is 848. The Labute approximate surface area is 176 Å². The van der Waals surface area contributed by atoms with Crippen LogP contribution in [0.25, 0.3) is 0 Å². The van der Waals surface area contributed by atoms with E-state index in [4.69, 9.17) is 4.74 Å². The molecule has 1 atom stereocenters. The lowest BCUT2D eigenvalue weighted by Gasteiger charge is -2.42. The number of likely N-dealkylation sites (tertiary alicyclic amines) is 1. The van der Waals surface area contributed by atoms with Crippen LogP contribution in [-0.2, 0) is 16.1 Å². The van der Waals surface area contributed by atoms with E-state index in [0.29, 0.717) is 19.5 Å². The van der Waals surface area contributed by atoms with Crippen LogP contribution in [0.2, 0.25) is 0 Å². The smallest absolute Gasteiger partial charge is 0.322 e. The summed E-state index contributed by atoms with van der Waals surface area (Å²) in [6.07, 6.45) is 2.25. The number of fused-ring (bicyclic) bond motifs is 1. The van der Waals surface area contributed by atoms with E-state index in [2.05, 4.69) is 28.5 Å². The Morgan fingerprint density at radius 2 is 2.03 bits per heavy atom. The number of rotatable bonds is 4. The lowest BCUT2D eigenvalue weighted by Crippen LogP contribution is -2.54. The first-order valence-electron chi connectivity index (χ1n) is 10.8. The lowest BCUT2D eigenvalue weighted by atomic mass is 9.90. The maximum atomic E-state index is 13.2. The van der Waals surface area contributed by atoms with Gasteiger partial charge in [0.2, 0.25) is 5.91 Å². The summed E-state index contributed by atoms with van der Waals surface area (Å²) in [4.78, 5) is 40.5. The molecule has 2 saturated heterocycles. The highest BCUT2D eigenvalue weighted by Crippen LogP contribution is 2.36. The van der Waals surface area contributed by atoms with Crippen molar-refractivity contribution in [3.8, 4) is 5.75 Å². The van der Waals surface area contributed by atoms with Crippen molar-refractivity contribution in [1.82, 2.24) is 20.4 Å². The highest BCUT2D eigenvalue weighted by atomic mass is 16.5. The van der Waals surface area contributed by atoms with Crippen LogP contribution in [0, 0.1) is 6.92 Å². The molecule has 0 radical (unpaired) electrons. The average molecular weight is 415 g/mol. The third kappa shape index (κ3) is 4.28. The number of carbonyl (C=O) groups excluding carboxylic acids is 3. The van der Waals surface area contributed by atoms with Gasteiger partial charge in [-0.2, -0.15) is 0 Å². The number of urea groups is 1. The van der Waals surface area contributed by atoms with E-state index in [0.717, 1.165) is 49.4 Å². The Morgan fingerprint density at radius 3 is 2.70 bits per heavy atom. The molecule has 4 rings (SSSR count). The lowest BCUT2D eigenvalue weighted by molar-refractivity contribution is -0.135. The number of imide groups is 1. The van der Waals surface area contributed by atoms with Gasteiger partial charge in [-0.05, 0) is 26.0 Å². The molecule has 8 nitrogen and oxygen atoms in total. The third-order valence-electron chi connectivity index (χ3n) is 6.46. The zero-order chi connectivity index (χ0) is 21.3. The summed E-state index contributed by atoms with van der Waals surface area (Å²) in [7, 11) is 0. The van der Waals surface area contributed by atoms with Gasteiger partial charge < -0.3 is 19.9 Å². The molecule has 3 aliphatic rings. The summed E-state index contributed by atoms with van der Waals surface area (Å²) < 4.78 is 6.58. The first kappa shape index (κ1) is 20.7. The van der Waals surface area contributed by atoms with E-state index in [1.165, 1.54) is 0 Å². The number of hydrogen-bond donors (Lipinski definition) is 2. The number of ether oxygens (including phenoxy) is 1. The van der Waals surface area contributed by atoms with Crippen molar-refractivity contribution in [3.05, 3.63) is 29.3 Å². The minimum atomic E-state index is -0.638. The van der Waals surface area contributed by atoms with Crippen LogP contribution in [0.5, 0.6) is 5.75 Å². The monoisotopic (exact) mass is 414 g/mol.